The lowest BCUT2D eigenvalue weighted by Gasteiger charge is -2.36. The quantitative estimate of drug-likeness (QED) is 0.669. The Labute approximate surface area is 177 Å². The first-order valence-corrected chi connectivity index (χ1v) is 9.98. The van der Waals surface area contributed by atoms with Crippen molar-refractivity contribution in [1.29, 1.82) is 0 Å². The zero-order valence-corrected chi connectivity index (χ0v) is 17.3. The SMILES string of the molecule is Cn1nncc1-c1ccc2cnc(NC(=O)C3(F)CCN(CC(C)(F)F)CC3)cc2c1. The number of amides is 1. The molecule has 31 heavy (non-hydrogen) atoms. The first-order valence-electron chi connectivity index (χ1n) is 9.98. The maximum absolute atomic E-state index is 15.2. The van der Waals surface area contributed by atoms with Crippen molar-refractivity contribution in [3.8, 4) is 11.3 Å². The lowest BCUT2D eigenvalue weighted by molar-refractivity contribution is -0.131. The summed E-state index contributed by atoms with van der Waals surface area (Å²) < 4.78 is 43.2. The topological polar surface area (TPSA) is 75.9 Å². The summed E-state index contributed by atoms with van der Waals surface area (Å²) in [4.78, 5) is 18.3. The van der Waals surface area contributed by atoms with E-state index in [0.717, 1.165) is 29.0 Å². The summed E-state index contributed by atoms with van der Waals surface area (Å²) >= 11 is 0. The standard InChI is InChI=1S/C21H23F3N6O/c1-20(22,23)13-30-7-5-21(24,6-8-30)19(31)27-18-10-16-9-14(3-4-15(16)11-25-18)17-12-26-28-29(17)2/h3-4,9-12H,5-8,13H2,1-2H3,(H,25,27,31). The molecular formula is C21H23F3N6O. The molecule has 1 aliphatic rings. The van der Waals surface area contributed by atoms with Crippen molar-refractivity contribution in [2.45, 2.75) is 31.4 Å². The molecule has 0 bridgehead atoms. The number of hydrogen-bond acceptors (Lipinski definition) is 5. The fraction of sp³-hybridized carbons (Fsp3) is 0.429. The number of anilines is 1. The summed E-state index contributed by atoms with van der Waals surface area (Å²) in [7, 11) is 1.79. The molecule has 164 valence electrons. The van der Waals surface area contributed by atoms with Crippen molar-refractivity contribution >= 4 is 22.5 Å². The Morgan fingerprint density at radius 3 is 2.58 bits per heavy atom. The molecule has 4 rings (SSSR count). The van der Waals surface area contributed by atoms with Gasteiger partial charge in [0.05, 0.1) is 18.4 Å². The number of benzene rings is 1. The highest BCUT2D eigenvalue weighted by atomic mass is 19.3. The predicted molar refractivity (Wildman–Crippen MR) is 111 cm³/mol. The summed E-state index contributed by atoms with van der Waals surface area (Å²) in [5.74, 6) is -3.41. The van der Waals surface area contributed by atoms with Crippen LogP contribution in [-0.4, -0.2) is 62.0 Å². The van der Waals surface area contributed by atoms with Crippen LogP contribution < -0.4 is 5.32 Å². The van der Waals surface area contributed by atoms with Crippen LogP contribution in [0, 0.1) is 0 Å². The monoisotopic (exact) mass is 432 g/mol. The van der Waals surface area contributed by atoms with Crippen molar-refractivity contribution in [3.05, 3.63) is 36.7 Å². The molecule has 1 saturated heterocycles. The van der Waals surface area contributed by atoms with Crippen LogP contribution >= 0.6 is 0 Å². The van der Waals surface area contributed by atoms with Crippen LogP contribution in [0.15, 0.2) is 36.7 Å². The van der Waals surface area contributed by atoms with E-state index in [1.807, 2.05) is 18.2 Å². The third kappa shape index (κ3) is 4.68. The van der Waals surface area contributed by atoms with Crippen LogP contribution in [0.5, 0.6) is 0 Å². The Morgan fingerprint density at radius 2 is 1.94 bits per heavy atom. The van der Waals surface area contributed by atoms with Gasteiger partial charge in [-0.15, -0.1) is 5.10 Å². The van der Waals surface area contributed by atoms with Gasteiger partial charge in [0.1, 0.15) is 5.82 Å². The summed E-state index contributed by atoms with van der Waals surface area (Å²) in [6.07, 6.45) is 2.98. The van der Waals surface area contributed by atoms with Gasteiger partial charge in [-0.3, -0.25) is 9.69 Å². The molecule has 0 saturated carbocycles. The number of rotatable bonds is 5. The summed E-state index contributed by atoms with van der Waals surface area (Å²) in [6, 6.07) is 7.41. The number of nitrogens with zero attached hydrogens (tertiary/aromatic N) is 5. The largest absolute Gasteiger partial charge is 0.308 e. The van der Waals surface area contributed by atoms with E-state index in [1.54, 1.807) is 30.2 Å². The van der Waals surface area contributed by atoms with Crippen molar-refractivity contribution in [1.82, 2.24) is 24.9 Å². The van der Waals surface area contributed by atoms with Gasteiger partial charge in [0.2, 0.25) is 0 Å². The first-order chi connectivity index (χ1) is 14.6. The molecule has 3 heterocycles. The van der Waals surface area contributed by atoms with Crippen LogP contribution in [0.4, 0.5) is 19.0 Å². The molecule has 10 heteroatoms. The van der Waals surface area contributed by atoms with Crippen LogP contribution in [-0.2, 0) is 11.8 Å². The second-order valence-electron chi connectivity index (χ2n) is 8.14. The van der Waals surface area contributed by atoms with E-state index < -0.39 is 24.0 Å². The normalized spacial score (nSPS) is 17.1. The van der Waals surface area contributed by atoms with Gasteiger partial charge in [0, 0.05) is 57.0 Å². The van der Waals surface area contributed by atoms with Crippen LogP contribution in [0.3, 0.4) is 0 Å². The average Bonchev–Trinajstić information content (AvgIpc) is 3.14. The highest BCUT2D eigenvalue weighted by Gasteiger charge is 2.43. The van der Waals surface area contributed by atoms with E-state index in [4.69, 9.17) is 0 Å². The fourth-order valence-electron chi connectivity index (χ4n) is 3.83. The molecule has 0 aliphatic carbocycles. The van der Waals surface area contributed by atoms with E-state index in [0.29, 0.717) is 0 Å². The molecule has 0 radical (unpaired) electrons. The number of fused-ring (bicyclic) bond motifs is 1. The number of hydrogen-bond donors (Lipinski definition) is 1. The lowest BCUT2D eigenvalue weighted by atomic mass is 9.92. The third-order valence-electron chi connectivity index (χ3n) is 5.53. The number of likely N-dealkylation sites (tertiary alicyclic amines) is 1. The van der Waals surface area contributed by atoms with Gasteiger partial charge in [-0.05, 0) is 17.5 Å². The highest BCUT2D eigenvalue weighted by molar-refractivity contribution is 5.98. The van der Waals surface area contributed by atoms with Crippen molar-refractivity contribution in [3.63, 3.8) is 0 Å². The Bertz CT molecular complexity index is 1100. The Balaban J connectivity index is 1.48. The molecule has 1 N–H and O–H groups in total. The molecule has 3 aromatic rings. The van der Waals surface area contributed by atoms with Crippen LogP contribution in [0.2, 0.25) is 0 Å². The Hall–Kier alpha value is -3.01. The molecule has 1 aromatic carbocycles. The first kappa shape index (κ1) is 21.2. The number of pyridine rings is 1. The fourth-order valence-corrected chi connectivity index (χ4v) is 3.83. The molecule has 7 nitrogen and oxygen atoms in total. The predicted octanol–water partition coefficient (Wildman–Crippen LogP) is 3.43. The average molecular weight is 432 g/mol. The number of aromatic nitrogens is 4. The van der Waals surface area contributed by atoms with E-state index >= 15 is 4.39 Å². The molecule has 0 unspecified atom stereocenters. The van der Waals surface area contributed by atoms with Gasteiger partial charge >= 0.3 is 0 Å². The van der Waals surface area contributed by atoms with Gasteiger partial charge in [-0.25, -0.2) is 22.8 Å². The number of carbonyl (C=O) groups is 1. The Kier molecular flexibility index (Phi) is 5.42. The van der Waals surface area contributed by atoms with Gasteiger partial charge in [-0.1, -0.05) is 17.3 Å². The second-order valence-corrected chi connectivity index (χ2v) is 8.14. The number of alkyl halides is 3. The maximum atomic E-state index is 15.2. The molecular weight excluding hydrogens is 409 g/mol. The summed E-state index contributed by atoms with van der Waals surface area (Å²) in [5, 5.41) is 12.0. The third-order valence-corrected chi connectivity index (χ3v) is 5.53. The Morgan fingerprint density at radius 1 is 1.19 bits per heavy atom. The van der Waals surface area contributed by atoms with Gasteiger partial charge in [-0.2, -0.15) is 0 Å². The molecule has 0 spiro atoms. The molecule has 1 aliphatic heterocycles. The molecule has 1 fully saturated rings. The lowest BCUT2D eigenvalue weighted by Crippen LogP contribution is -2.50. The number of halogens is 3. The number of piperidine rings is 1. The van der Waals surface area contributed by atoms with Gasteiger partial charge < -0.3 is 5.32 Å². The zero-order chi connectivity index (χ0) is 22.2. The van der Waals surface area contributed by atoms with Gasteiger partial charge in [0.15, 0.2) is 5.67 Å². The van der Waals surface area contributed by atoms with Gasteiger partial charge in [0.25, 0.3) is 11.8 Å². The summed E-state index contributed by atoms with van der Waals surface area (Å²) in [6.45, 7) is 0.589. The minimum absolute atomic E-state index is 0.0978. The van der Waals surface area contributed by atoms with E-state index in [-0.39, 0.29) is 31.7 Å². The van der Waals surface area contributed by atoms with Crippen molar-refractivity contribution in [2.24, 2.45) is 7.05 Å². The van der Waals surface area contributed by atoms with E-state index in [9.17, 15) is 13.6 Å². The van der Waals surface area contributed by atoms with Crippen molar-refractivity contribution < 1.29 is 18.0 Å². The number of nitrogens with one attached hydrogen (secondary N) is 1. The number of aryl methyl sites for hydroxylation is 1. The second kappa shape index (κ2) is 7.92. The smallest absolute Gasteiger partial charge is 0.263 e. The highest BCUT2D eigenvalue weighted by Crippen LogP contribution is 2.30. The zero-order valence-electron chi connectivity index (χ0n) is 17.3. The van der Waals surface area contributed by atoms with E-state index in [2.05, 4.69) is 20.6 Å². The van der Waals surface area contributed by atoms with Crippen LogP contribution in [0.25, 0.3) is 22.0 Å². The maximum Gasteiger partial charge on any atom is 0.263 e. The molecule has 2 aromatic heterocycles. The molecule has 1 amide bonds. The molecule has 0 atom stereocenters. The summed E-state index contributed by atoms with van der Waals surface area (Å²) in [5.41, 5.74) is -0.389. The number of carbonyl (C=O) groups excluding carboxylic acids is 1. The minimum Gasteiger partial charge on any atom is -0.308 e. The van der Waals surface area contributed by atoms with Crippen molar-refractivity contribution in [2.75, 3.05) is 25.0 Å². The van der Waals surface area contributed by atoms with Crippen LogP contribution in [0.1, 0.15) is 19.8 Å². The van der Waals surface area contributed by atoms with E-state index in [1.165, 1.54) is 4.90 Å². The minimum atomic E-state index is -2.85.